The summed E-state index contributed by atoms with van der Waals surface area (Å²) in [5.74, 6) is -0.728. The minimum absolute atomic E-state index is 0.275. The predicted octanol–water partition coefficient (Wildman–Crippen LogP) is 0.0378. The summed E-state index contributed by atoms with van der Waals surface area (Å²) in [6, 6.07) is -0.275. The molecular formula is C9H17NO3. The molecule has 4 heteroatoms. The van der Waals surface area contributed by atoms with Crippen molar-refractivity contribution in [3.8, 4) is 0 Å². The van der Waals surface area contributed by atoms with Crippen LogP contribution in [0.2, 0.25) is 0 Å². The molecule has 1 aliphatic carbocycles. The standard InChI is InChI=1S/C9H17NO3/c1-2-13-9(12)6-4-3-5-7(10)8(6)11/h6-8,11H,2-5,10H2,1H3/t6-,7+,8+/m1/s1. The topological polar surface area (TPSA) is 72.5 Å². The summed E-state index contributed by atoms with van der Waals surface area (Å²) in [6.07, 6.45) is 1.64. The van der Waals surface area contributed by atoms with Crippen molar-refractivity contribution in [2.24, 2.45) is 11.7 Å². The zero-order valence-electron chi connectivity index (χ0n) is 7.90. The molecule has 3 atom stereocenters. The highest BCUT2D eigenvalue weighted by atomic mass is 16.5. The van der Waals surface area contributed by atoms with E-state index in [4.69, 9.17) is 10.5 Å². The van der Waals surface area contributed by atoms with Gasteiger partial charge in [-0.25, -0.2) is 0 Å². The average molecular weight is 187 g/mol. The minimum atomic E-state index is -0.729. The largest absolute Gasteiger partial charge is 0.466 e. The Morgan fingerprint density at radius 1 is 1.62 bits per heavy atom. The Balaban J connectivity index is 2.52. The predicted molar refractivity (Wildman–Crippen MR) is 48.0 cm³/mol. The average Bonchev–Trinajstić information content (AvgIpc) is 2.10. The lowest BCUT2D eigenvalue weighted by molar-refractivity contribution is -0.154. The van der Waals surface area contributed by atoms with Gasteiger partial charge in [0.1, 0.15) is 0 Å². The van der Waals surface area contributed by atoms with E-state index in [2.05, 4.69) is 0 Å². The molecule has 1 rings (SSSR count). The Hall–Kier alpha value is -0.610. The molecule has 0 amide bonds. The van der Waals surface area contributed by atoms with E-state index < -0.39 is 12.0 Å². The van der Waals surface area contributed by atoms with E-state index in [0.29, 0.717) is 13.0 Å². The van der Waals surface area contributed by atoms with Crippen molar-refractivity contribution in [3.05, 3.63) is 0 Å². The summed E-state index contributed by atoms with van der Waals surface area (Å²) in [6.45, 7) is 2.12. The van der Waals surface area contributed by atoms with Gasteiger partial charge in [0.15, 0.2) is 0 Å². The van der Waals surface area contributed by atoms with Crippen LogP contribution in [0.3, 0.4) is 0 Å². The van der Waals surface area contributed by atoms with Crippen LogP contribution in [-0.4, -0.2) is 29.8 Å². The van der Waals surface area contributed by atoms with Gasteiger partial charge in [0, 0.05) is 6.04 Å². The molecule has 0 aliphatic heterocycles. The monoisotopic (exact) mass is 187 g/mol. The van der Waals surface area contributed by atoms with Crippen LogP contribution < -0.4 is 5.73 Å². The Morgan fingerprint density at radius 2 is 2.31 bits per heavy atom. The van der Waals surface area contributed by atoms with E-state index in [9.17, 15) is 9.90 Å². The molecule has 0 spiro atoms. The van der Waals surface area contributed by atoms with Crippen molar-refractivity contribution in [2.75, 3.05) is 6.61 Å². The van der Waals surface area contributed by atoms with Crippen molar-refractivity contribution in [1.29, 1.82) is 0 Å². The first kappa shape index (κ1) is 10.5. The molecular weight excluding hydrogens is 170 g/mol. The fourth-order valence-corrected chi connectivity index (χ4v) is 1.72. The quantitative estimate of drug-likeness (QED) is 0.598. The zero-order valence-corrected chi connectivity index (χ0v) is 7.90. The molecule has 0 saturated heterocycles. The second kappa shape index (κ2) is 4.58. The maximum absolute atomic E-state index is 11.3. The van der Waals surface area contributed by atoms with Crippen molar-refractivity contribution in [2.45, 2.75) is 38.3 Å². The molecule has 0 bridgehead atoms. The molecule has 4 nitrogen and oxygen atoms in total. The molecule has 1 fully saturated rings. The number of hydrogen-bond acceptors (Lipinski definition) is 4. The van der Waals surface area contributed by atoms with Crippen LogP contribution >= 0.6 is 0 Å². The number of hydrogen-bond donors (Lipinski definition) is 2. The van der Waals surface area contributed by atoms with E-state index >= 15 is 0 Å². The van der Waals surface area contributed by atoms with Crippen molar-refractivity contribution >= 4 is 5.97 Å². The Labute approximate surface area is 78.1 Å². The lowest BCUT2D eigenvalue weighted by Crippen LogP contribution is -2.46. The molecule has 0 aromatic carbocycles. The van der Waals surface area contributed by atoms with Crippen LogP contribution in [0, 0.1) is 5.92 Å². The van der Waals surface area contributed by atoms with Crippen LogP contribution in [0.1, 0.15) is 26.2 Å². The number of esters is 1. The number of carbonyl (C=O) groups excluding carboxylic acids is 1. The molecule has 1 aliphatic rings. The second-order valence-corrected chi connectivity index (χ2v) is 3.44. The van der Waals surface area contributed by atoms with Gasteiger partial charge in [-0.15, -0.1) is 0 Å². The number of aliphatic hydroxyl groups excluding tert-OH is 1. The Morgan fingerprint density at radius 3 is 2.92 bits per heavy atom. The first-order valence-electron chi connectivity index (χ1n) is 4.77. The Bertz CT molecular complexity index is 184. The Kier molecular flexibility index (Phi) is 3.69. The highest BCUT2D eigenvalue weighted by molar-refractivity contribution is 5.73. The van der Waals surface area contributed by atoms with Crippen LogP contribution in [0.5, 0.6) is 0 Å². The number of nitrogens with two attached hydrogens (primary N) is 1. The normalized spacial score (nSPS) is 34.2. The van der Waals surface area contributed by atoms with E-state index in [1.54, 1.807) is 6.92 Å². The SMILES string of the molecule is CCOC(=O)[C@@H]1CCC[C@H](N)[C@H]1O. The van der Waals surface area contributed by atoms with E-state index in [0.717, 1.165) is 12.8 Å². The summed E-state index contributed by atoms with van der Waals surface area (Å²) in [5.41, 5.74) is 5.64. The van der Waals surface area contributed by atoms with Gasteiger partial charge >= 0.3 is 5.97 Å². The van der Waals surface area contributed by atoms with Crippen molar-refractivity contribution in [3.63, 3.8) is 0 Å². The summed E-state index contributed by atoms with van der Waals surface area (Å²) >= 11 is 0. The van der Waals surface area contributed by atoms with Gasteiger partial charge in [0.25, 0.3) is 0 Å². The van der Waals surface area contributed by atoms with Gasteiger partial charge < -0.3 is 15.6 Å². The molecule has 0 radical (unpaired) electrons. The number of ether oxygens (including phenoxy) is 1. The number of carbonyl (C=O) groups is 1. The third kappa shape index (κ3) is 2.42. The molecule has 0 aromatic heterocycles. The molecule has 0 aromatic rings. The van der Waals surface area contributed by atoms with Crippen LogP contribution in [0.4, 0.5) is 0 Å². The van der Waals surface area contributed by atoms with Crippen LogP contribution in [0.15, 0.2) is 0 Å². The van der Waals surface area contributed by atoms with Gasteiger partial charge in [0.05, 0.1) is 18.6 Å². The lowest BCUT2D eigenvalue weighted by Gasteiger charge is -2.30. The lowest BCUT2D eigenvalue weighted by atomic mass is 9.83. The summed E-state index contributed by atoms with van der Waals surface area (Å²) in [5, 5.41) is 9.61. The number of aliphatic hydroxyl groups is 1. The van der Waals surface area contributed by atoms with E-state index in [-0.39, 0.29) is 12.0 Å². The maximum atomic E-state index is 11.3. The van der Waals surface area contributed by atoms with Gasteiger partial charge in [-0.05, 0) is 19.8 Å². The minimum Gasteiger partial charge on any atom is -0.466 e. The molecule has 1 saturated carbocycles. The smallest absolute Gasteiger partial charge is 0.311 e. The molecule has 3 N–H and O–H groups in total. The maximum Gasteiger partial charge on any atom is 0.311 e. The first-order valence-corrected chi connectivity index (χ1v) is 4.77. The second-order valence-electron chi connectivity index (χ2n) is 3.44. The van der Waals surface area contributed by atoms with Gasteiger partial charge in [0.2, 0.25) is 0 Å². The first-order chi connectivity index (χ1) is 6.16. The van der Waals surface area contributed by atoms with E-state index in [1.165, 1.54) is 0 Å². The highest BCUT2D eigenvalue weighted by Gasteiger charge is 2.35. The summed E-state index contributed by atoms with van der Waals surface area (Å²) < 4.78 is 4.85. The molecule has 0 heterocycles. The van der Waals surface area contributed by atoms with Gasteiger partial charge in [-0.1, -0.05) is 6.42 Å². The van der Waals surface area contributed by atoms with Crippen LogP contribution in [0.25, 0.3) is 0 Å². The fourth-order valence-electron chi connectivity index (χ4n) is 1.72. The van der Waals surface area contributed by atoms with Crippen LogP contribution in [-0.2, 0) is 9.53 Å². The third-order valence-corrected chi connectivity index (χ3v) is 2.49. The summed E-state index contributed by atoms with van der Waals surface area (Å²) in [7, 11) is 0. The molecule has 0 unspecified atom stereocenters. The fraction of sp³-hybridized carbons (Fsp3) is 0.889. The van der Waals surface area contributed by atoms with Crippen molar-refractivity contribution < 1.29 is 14.6 Å². The zero-order chi connectivity index (χ0) is 9.84. The number of rotatable bonds is 2. The molecule has 13 heavy (non-hydrogen) atoms. The van der Waals surface area contributed by atoms with Gasteiger partial charge in [-0.3, -0.25) is 4.79 Å². The molecule has 76 valence electrons. The highest BCUT2D eigenvalue weighted by Crippen LogP contribution is 2.24. The summed E-state index contributed by atoms with van der Waals surface area (Å²) in [4.78, 5) is 11.3. The van der Waals surface area contributed by atoms with Gasteiger partial charge in [-0.2, -0.15) is 0 Å². The third-order valence-electron chi connectivity index (χ3n) is 2.49. The van der Waals surface area contributed by atoms with Crippen molar-refractivity contribution in [1.82, 2.24) is 0 Å². The van der Waals surface area contributed by atoms with E-state index in [1.807, 2.05) is 0 Å².